The van der Waals surface area contributed by atoms with Crippen LogP contribution in [0.5, 0.6) is 0 Å². The van der Waals surface area contributed by atoms with Crippen molar-refractivity contribution in [3.63, 3.8) is 0 Å². The number of fused-ring (bicyclic) bond motifs is 1. The molecule has 25 heavy (non-hydrogen) atoms. The Morgan fingerprint density at radius 3 is 2.48 bits per heavy atom. The van der Waals surface area contributed by atoms with Gasteiger partial charge < -0.3 is 10.1 Å². The Labute approximate surface area is 150 Å². The number of benzene rings is 2. The van der Waals surface area contributed by atoms with Gasteiger partial charge in [-0.15, -0.1) is 11.8 Å². The Bertz CT molecular complexity index is 928. The van der Waals surface area contributed by atoms with Crippen LogP contribution in [0.1, 0.15) is 38.9 Å². The van der Waals surface area contributed by atoms with E-state index in [1.54, 1.807) is 36.0 Å². The predicted molar refractivity (Wildman–Crippen MR) is 102 cm³/mol. The highest BCUT2D eigenvalue weighted by molar-refractivity contribution is 7.99. The van der Waals surface area contributed by atoms with E-state index in [1.165, 1.54) is 0 Å². The first-order valence-corrected chi connectivity index (χ1v) is 9.07. The maximum absolute atomic E-state index is 12.9. The molecule has 2 N–H and O–H groups in total. The van der Waals surface area contributed by atoms with Crippen LogP contribution in [-0.4, -0.2) is 27.1 Å². The van der Waals surface area contributed by atoms with Gasteiger partial charge in [0, 0.05) is 27.9 Å². The van der Waals surface area contributed by atoms with Crippen LogP contribution < -0.4 is 0 Å². The number of carboxylic acid groups (broad SMARTS) is 1. The summed E-state index contributed by atoms with van der Waals surface area (Å²) in [6, 6.07) is 14.6. The number of carbonyl (C=O) groups is 2. The summed E-state index contributed by atoms with van der Waals surface area (Å²) >= 11 is 1.56. The van der Waals surface area contributed by atoms with Crippen molar-refractivity contribution in [2.45, 2.75) is 24.9 Å². The number of hydrogen-bond donors (Lipinski definition) is 2. The van der Waals surface area contributed by atoms with Gasteiger partial charge in [0.1, 0.15) is 0 Å². The van der Waals surface area contributed by atoms with Gasteiger partial charge in [0.05, 0.1) is 10.8 Å². The lowest BCUT2D eigenvalue weighted by Gasteiger charge is -2.11. The van der Waals surface area contributed by atoms with E-state index < -0.39 is 5.97 Å². The third-order valence-electron chi connectivity index (χ3n) is 4.21. The van der Waals surface area contributed by atoms with Crippen LogP contribution in [-0.2, 0) is 5.75 Å². The van der Waals surface area contributed by atoms with E-state index in [0.29, 0.717) is 5.75 Å². The van der Waals surface area contributed by atoms with Crippen molar-refractivity contribution >= 4 is 34.4 Å². The Balaban J connectivity index is 1.72. The third kappa shape index (κ3) is 3.61. The fourth-order valence-electron chi connectivity index (χ4n) is 2.84. The molecule has 0 amide bonds. The summed E-state index contributed by atoms with van der Waals surface area (Å²) in [5, 5.41) is 9.71. The molecule has 0 aliphatic heterocycles. The minimum absolute atomic E-state index is 0.113. The zero-order chi connectivity index (χ0) is 18.0. The van der Waals surface area contributed by atoms with E-state index in [9.17, 15) is 9.59 Å². The molecule has 2 aromatic carbocycles. The lowest BCUT2D eigenvalue weighted by Crippen LogP contribution is -2.14. The molecular weight excluding hydrogens is 334 g/mol. The second-order valence-electron chi connectivity index (χ2n) is 5.99. The average Bonchev–Trinajstić information content (AvgIpc) is 2.95. The molecule has 128 valence electrons. The monoisotopic (exact) mass is 353 g/mol. The molecule has 0 bridgehead atoms. The SMILES string of the molecule is Cc1[nH]c2ccccc2c1C(=O)[C@H](C)SCc1ccc(C(=O)O)cc1. The first kappa shape index (κ1) is 17.3. The number of para-hydroxylation sites is 1. The van der Waals surface area contributed by atoms with Gasteiger partial charge in [0.15, 0.2) is 5.78 Å². The van der Waals surface area contributed by atoms with E-state index in [4.69, 9.17) is 5.11 Å². The van der Waals surface area contributed by atoms with Gasteiger partial charge in [-0.1, -0.05) is 30.3 Å². The molecule has 0 unspecified atom stereocenters. The second kappa shape index (κ2) is 7.15. The van der Waals surface area contributed by atoms with Gasteiger partial charge >= 0.3 is 5.97 Å². The Hall–Kier alpha value is -2.53. The number of nitrogens with one attached hydrogen (secondary N) is 1. The molecule has 0 aliphatic rings. The molecule has 3 rings (SSSR count). The van der Waals surface area contributed by atoms with E-state index in [2.05, 4.69) is 4.98 Å². The fraction of sp³-hybridized carbons (Fsp3) is 0.200. The predicted octanol–water partition coefficient (Wildman–Crippen LogP) is 4.68. The number of aryl methyl sites for hydroxylation is 1. The number of H-pyrrole nitrogens is 1. The lowest BCUT2D eigenvalue weighted by atomic mass is 10.1. The van der Waals surface area contributed by atoms with Gasteiger partial charge in [0.2, 0.25) is 0 Å². The topological polar surface area (TPSA) is 70.2 Å². The third-order valence-corrected chi connectivity index (χ3v) is 5.42. The molecule has 1 aromatic heterocycles. The van der Waals surface area contributed by atoms with E-state index >= 15 is 0 Å². The number of thioether (sulfide) groups is 1. The molecule has 0 aliphatic carbocycles. The summed E-state index contributed by atoms with van der Waals surface area (Å²) in [5.74, 6) is -0.159. The number of Topliss-reactive ketones (excluding diaryl/α,β-unsaturated/α-hetero) is 1. The van der Waals surface area contributed by atoms with Crippen molar-refractivity contribution in [2.75, 3.05) is 0 Å². The van der Waals surface area contributed by atoms with Crippen LogP contribution in [0.2, 0.25) is 0 Å². The quantitative estimate of drug-likeness (QED) is 0.631. The lowest BCUT2D eigenvalue weighted by molar-refractivity contribution is 0.0696. The first-order valence-electron chi connectivity index (χ1n) is 8.02. The molecule has 1 heterocycles. The number of aromatic amines is 1. The number of carbonyl (C=O) groups excluding carboxylic acids is 1. The van der Waals surface area contributed by atoms with Crippen molar-refractivity contribution in [3.05, 3.63) is 70.9 Å². The molecule has 0 radical (unpaired) electrons. The van der Waals surface area contributed by atoms with Crippen molar-refractivity contribution < 1.29 is 14.7 Å². The van der Waals surface area contributed by atoms with E-state index in [0.717, 1.165) is 27.7 Å². The summed E-state index contributed by atoms with van der Waals surface area (Å²) in [6.45, 7) is 3.84. The number of aromatic carboxylic acids is 1. The normalized spacial score (nSPS) is 12.2. The molecule has 5 heteroatoms. The molecule has 3 aromatic rings. The van der Waals surface area contributed by atoms with Crippen molar-refractivity contribution in [3.8, 4) is 0 Å². The van der Waals surface area contributed by atoms with Crippen LogP contribution >= 0.6 is 11.8 Å². The summed E-state index contributed by atoms with van der Waals surface area (Å²) in [6.07, 6.45) is 0. The van der Waals surface area contributed by atoms with E-state index in [-0.39, 0.29) is 16.6 Å². The highest BCUT2D eigenvalue weighted by atomic mass is 32.2. The summed E-state index contributed by atoms with van der Waals surface area (Å²) in [7, 11) is 0. The largest absolute Gasteiger partial charge is 0.478 e. The molecule has 0 saturated heterocycles. The smallest absolute Gasteiger partial charge is 0.335 e. The Kier molecular flexibility index (Phi) is 4.95. The fourth-order valence-corrected chi connectivity index (χ4v) is 3.74. The van der Waals surface area contributed by atoms with Crippen molar-refractivity contribution in [1.29, 1.82) is 0 Å². The number of aromatic nitrogens is 1. The number of hydrogen-bond acceptors (Lipinski definition) is 3. The number of ketones is 1. The van der Waals surface area contributed by atoms with Crippen LogP contribution in [0.25, 0.3) is 10.9 Å². The van der Waals surface area contributed by atoms with Gasteiger partial charge in [-0.2, -0.15) is 0 Å². The summed E-state index contributed by atoms with van der Waals surface area (Å²) in [4.78, 5) is 27.0. The van der Waals surface area contributed by atoms with Gasteiger partial charge in [-0.3, -0.25) is 4.79 Å². The Morgan fingerprint density at radius 2 is 1.80 bits per heavy atom. The molecule has 0 saturated carbocycles. The minimum atomic E-state index is -0.933. The molecule has 0 fully saturated rings. The van der Waals surface area contributed by atoms with Gasteiger partial charge in [0.25, 0.3) is 0 Å². The zero-order valence-electron chi connectivity index (χ0n) is 14.1. The standard InChI is InChI=1S/C20H19NO3S/c1-12-18(16-5-3-4-6-17(16)21-12)19(22)13(2)25-11-14-7-9-15(10-8-14)20(23)24/h3-10,13,21H,11H2,1-2H3,(H,23,24)/t13-/m0/s1. The summed E-state index contributed by atoms with van der Waals surface area (Å²) in [5.41, 5.74) is 3.91. The average molecular weight is 353 g/mol. The maximum atomic E-state index is 12.9. The molecule has 4 nitrogen and oxygen atoms in total. The molecular formula is C20H19NO3S. The number of rotatable bonds is 6. The van der Waals surface area contributed by atoms with Crippen molar-refractivity contribution in [1.82, 2.24) is 4.98 Å². The van der Waals surface area contributed by atoms with Crippen molar-refractivity contribution in [2.24, 2.45) is 0 Å². The molecule has 0 spiro atoms. The second-order valence-corrected chi connectivity index (χ2v) is 7.32. The number of carboxylic acids is 1. The highest BCUT2D eigenvalue weighted by Crippen LogP contribution is 2.27. The van der Waals surface area contributed by atoms with Gasteiger partial charge in [-0.05, 0) is 37.6 Å². The van der Waals surface area contributed by atoms with Crippen LogP contribution in [0.15, 0.2) is 48.5 Å². The van der Waals surface area contributed by atoms with Gasteiger partial charge in [-0.25, -0.2) is 4.79 Å². The summed E-state index contributed by atoms with van der Waals surface area (Å²) < 4.78 is 0. The highest BCUT2D eigenvalue weighted by Gasteiger charge is 2.21. The first-order chi connectivity index (χ1) is 12.0. The molecule has 1 atom stereocenters. The maximum Gasteiger partial charge on any atom is 0.335 e. The van der Waals surface area contributed by atoms with Crippen LogP contribution in [0.3, 0.4) is 0 Å². The Morgan fingerprint density at radius 1 is 1.12 bits per heavy atom. The zero-order valence-corrected chi connectivity index (χ0v) is 14.9. The van der Waals surface area contributed by atoms with Crippen LogP contribution in [0, 0.1) is 6.92 Å². The van der Waals surface area contributed by atoms with E-state index in [1.807, 2.05) is 38.1 Å². The minimum Gasteiger partial charge on any atom is -0.478 e. The van der Waals surface area contributed by atoms with Crippen LogP contribution in [0.4, 0.5) is 0 Å².